The number of hydrogen-bond acceptors (Lipinski definition) is 9. The van der Waals surface area contributed by atoms with Crippen LogP contribution in [0.15, 0.2) is 48.5 Å². The number of Topliss-reactive ketones (excluding diaryl/α,β-unsaturated/α-hetero) is 1. The Bertz CT molecular complexity index is 1600. The second-order valence-electron chi connectivity index (χ2n) is 12.8. The smallest absolute Gasteiger partial charge is 0.407 e. The minimum absolute atomic E-state index is 0.0419. The van der Waals surface area contributed by atoms with Gasteiger partial charge in [0.15, 0.2) is 11.6 Å². The predicted octanol–water partition coefficient (Wildman–Crippen LogP) is 4.58. The number of hydrogen-bond donors (Lipinski definition) is 3. The number of carbonyl (C=O) groups excluding carboxylic acids is 2. The Morgan fingerprint density at radius 3 is 2.09 bits per heavy atom. The fourth-order valence-corrected chi connectivity index (χ4v) is 6.46. The number of nitrogens with zero attached hydrogens (tertiary/aromatic N) is 6. The standard InChI is InChI=1S/C32H38N8O5/c1-20(41)21-5-9-23(10-6-21)33-29(42)34-24-11-7-22(8-12-24)26-35-27(38-13-15-45-16-14-38)37-28(36-26)39-19-32(31(2,3)4)17-25(39)18-40(32)30(43)44/h5-12,25H,13-19H2,1-4H3,(H,43,44)(H2,33,34,42)/t25-,32+/m1/s1. The van der Waals surface area contributed by atoms with E-state index in [1.54, 1.807) is 41.3 Å². The number of ketones is 1. The van der Waals surface area contributed by atoms with E-state index in [0.29, 0.717) is 80.5 Å². The van der Waals surface area contributed by atoms with Gasteiger partial charge in [-0.25, -0.2) is 9.59 Å². The van der Waals surface area contributed by atoms with Crippen molar-refractivity contribution in [3.63, 3.8) is 0 Å². The van der Waals surface area contributed by atoms with E-state index in [1.165, 1.54) is 6.92 Å². The number of carboxylic acid groups (broad SMARTS) is 1. The summed E-state index contributed by atoms with van der Waals surface area (Å²) in [6, 6.07) is 13.5. The first-order valence-electron chi connectivity index (χ1n) is 15.1. The lowest BCUT2D eigenvalue weighted by Gasteiger charge is -2.48. The van der Waals surface area contributed by atoms with Crippen molar-refractivity contribution in [1.29, 1.82) is 0 Å². The molecule has 0 aliphatic carbocycles. The largest absolute Gasteiger partial charge is 0.465 e. The number of piperazine rings is 1. The first kappa shape index (κ1) is 30.3. The molecule has 13 heteroatoms. The number of urea groups is 1. The molecule has 3 fully saturated rings. The van der Waals surface area contributed by atoms with Crippen molar-refractivity contribution >= 4 is 41.2 Å². The first-order valence-corrected chi connectivity index (χ1v) is 15.1. The lowest BCUT2D eigenvalue weighted by Crippen LogP contribution is -2.62. The Balaban J connectivity index is 1.24. The highest BCUT2D eigenvalue weighted by molar-refractivity contribution is 6.00. The Morgan fingerprint density at radius 2 is 1.51 bits per heavy atom. The zero-order chi connectivity index (χ0) is 31.9. The van der Waals surface area contributed by atoms with Crippen molar-refractivity contribution in [1.82, 2.24) is 19.9 Å². The van der Waals surface area contributed by atoms with Gasteiger partial charge >= 0.3 is 12.1 Å². The van der Waals surface area contributed by atoms with E-state index >= 15 is 0 Å². The third-order valence-corrected chi connectivity index (χ3v) is 9.10. The van der Waals surface area contributed by atoms with Crippen molar-refractivity contribution in [2.75, 3.05) is 59.8 Å². The van der Waals surface area contributed by atoms with Crippen LogP contribution in [0.1, 0.15) is 44.5 Å². The Hall–Kier alpha value is -4.78. The molecule has 3 N–H and O–H groups in total. The summed E-state index contributed by atoms with van der Waals surface area (Å²) < 4.78 is 5.55. The first-order chi connectivity index (χ1) is 21.4. The van der Waals surface area contributed by atoms with Gasteiger partial charge in [-0.2, -0.15) is 15.0 Å². The Labute approximate surface area is 261 Å². The number of anilines is 4. The van der Waals surface area contributed by atoms with E-state index in [1.807, 2.05) is 12.1 Å². The van der Waals surface area contributed by atoms with Gasteiger partial charge in [0.05, 0.1) is 24.8 Å². The van der Waals surface area contributed by atoms with Crippen molar-refractivity contribution < 1.29 is 24.2 Å². The number of benzene rings is 2. The fraction of sp³-hybridized carbons (Fsp3) is 0.438. The normalized spacial score (nSPS) is 21.2. The molecule has 0 saturated carbocycles. The zero-order valence-corrected chi connectivity index (χ0v) is 25.9. The summed E-state index contributed by atoms with van der Waals surface area (Å²) >= 11 is 0. The van der Waals surface area contributed by atoms with Gasteiger partial charge in [-0.15, -0.1) is 0 Å². The average molecular weight is 615 g/mol. The van der Waals surface area contributed by atoms with Gasteiger partial charge in [-0.1, -0.05) is 20.8 Å². The van der Waals surface area contributed by atoms with Crippen LogP contribution in [0.4, 0.5) is 32.9 Å². The zero-order valence-electron chi connectivity index (χ0n) is 25.9. The lowest BCUT2D eigenvalue weighted by molar-refractivity contribution is 0.0361. The summed E-state index contributed by atoms with van der Waals surface area (Å²) in [6.07, 6.45) is -0.189. The molecule has 0 radical (unpaired) electrons. The summed E-state index contributed by atoms with van der Waals surface area (Å²) in [7, 11) is 0. The SMILES string of the molecule is CC(=O)c1ccc(NC(=O)Nc2ccc(-c3nc(N4CCOCC4)nc(N4C[C@]5(C(C)(C)C)C[C@@H]4CN5C(=O)O)n3)cc2)cc1. The van der Waals surface area contributed by atoms with E-state index in [2.05, 4.69) is 41.2 Å². The molecule has 236 valence electrons. The van der Waals surface area contributed by atoms with E-state index in [0.717, 1.165) is 5.56 Å². The van der Waals surface area contributed by atoms with Crippen molar-refractivity contribution in [3.05, 3.63) is 54.1 Å². The van der Waals surface area contributed by atoms with Crippen LogP contribution in [0.25, 0.3) is 11.4 Å². The summed E-state index contributed by atoms with van der Waals surface area (Å²) in [6.45, 7) is 11.1. The number of nitrogens with one attached hydrogen (secondary N) is 2. The van der Waals surface area contributed by atoms with Gasteiger partial charge in [0.1, 0.15) is 0 Å². The number of likely N-dealkylation sites (tertiary alicyclic amines) is 1. The second kappa shape index (κ2) is 11.6. The van der Waals surface area contributed by atoms with Gasteiger partial charge in [0.2, 0.25) is 11.9 Å². The van der Waals surface area contributed by atoms with Crippen LogP contribution in [-0.2, 0) is 4.74 Å². The molecule has 2 atom stereocenters. The molecule has 13 nitrogen and oxygen atoms in total. The lowest BCUT2D eigenvalue weighted by atomic mass is 9.73. The monoisotopic (exact) mass is 614 g/mol. The molecule has 1 aromatic heterocycles. The highest BCUT2D eigenvalue weighted by Crippen LogP contribution is 2.51. The van der Waals surface area contributed by atoms with E-state index in [-0.39, 0.29) is 17.2 Å². The summed E-state index contributed by atoms with van der Waals surface area (Å²) in [5.74, 6) is 1.53. The number of amides is 3. The molecule has 4 heterocycles. The number of rotatable bonds is 6. The van der Waals surface area contributed by atoms with Crippen LogP contribution >= 0.6 is 0 Å². The maximum atomic E-state index is 12.6. The van der Waals surface area contributed by atoms with Crippen LogP contribution in [0.5, 0.6) is 0 Å². The highest BCUT2D eigenvalue weighted by Gasteiger charge is 2.62. The highest BCUT2D eigenvalue weighted by atomic mass is 16.5. The number of fused-ring (bicyclic) bond motifs is 2. The van der Waals surface area contributed by atoms with E-state index in [9.17, 15) is 19.5 Å². The number of morpholine rings is 1. The Morgan fingerprint density at radius 1 is 0.911 bits per heavy atom. The minimum Gasteiger partial charge on any atom is -0.465 e. The third-order valence-electron chi connectivity index (χ3n) is 9.10. The summed E-state index contributed by atoms with van der Waals surface area (Å²) in [5, 5.41) is 15.6. The van der Waals surface area contributed by atoms with Crippen LogP contribution < -0.4 is 20.4 Å². The van der Waals surface area contributed by atoms with Crippen LogP contribution in [-0.4, -0.2) is 93.8 Å². The minimum atomic E-state index is -0.898. The van der Waals surface area contributed by atoms with Crippen molar-refractivity contribution in [2.24, 2.45) is 5.41 Å². The van der Waals surface area contributed by atoms with Crippen LogP contribution in [0, 0.1) is 5.41 Å². The number of aromatic nitrogens is 3. The Kier molecular flexibility index (Phi) is 7.81. The molecule has 45 heavy (non-hydrogen) atoms. The fourth-order valence-electron chi connectivity index (χ4n) is 6.46. The third kappa shape index (κ3) is 5.87. The molecule has 3 saturated heterocycles. The van der Waals surface area contributed by atoms with Gasteiger partial charge in [-0.05, 0) is 67.3 Å². The van der Waals surface area contributed by atoms with Gasteiger partial charge < -0.3 is 30.3 Å². The maximum absolute atomic E-state index is 12.6. The van der Waals surface area contributed by atoms with E-state index < -0.39 is 17.7 Å². The maximum Gasteiger partial charge on any atom is 0.407 e. The molecule has 2 aromatic carbocycles. The molecular weight excluding hydrogens is 576 g/mol. The molecule has 3 aliphatic heterocycles. The number of ether oxygens (including phenoxy) is 1. The summed E-state index contributed by atoms with van der Waals surface area (Å²) in [4.78, 5) is 56.8. The van der Waals surface area contributed by atoms with Crippen molar-refractivity contribution in [3.8, 4) is 11.4 Å². The quantitative estimate of drug-likeness (QED) is 0.336. The molecule has 0 unspecified atom stereocenters. The molecule has 0 spiro atoms. The average Bonchev–Trinajstić information content (AvgIpc) is 3.61. The summed E-state index contributed by atoms with van der Waals surface area (Å²) in [5.41, 5.74) is 1.63. The van der Waals surface area contributed by atoms with Gasteiger partial charge in [0.25, 0.3) is 0 Å². The molecule has 3 aliphatic rings. The number of carbonyl (C=O) groups is 3. The van der Waals surface area contributed by atoms with Crippen LogP contribution in [0.2, 0.25) is 0 Å². The van der Waals surface area contributed by atoms with Crippen molar-refractivity contribution in [2.45, 2.75) is 45.7 Å². The predicted molar refractivity (Wildman–Crippen MR) is 170 cm³/mol. The van der Waals surface area contributed by atoms with Crippen LogP contribution in [0.3, 0.4) is 0 Å². The molecule has 3 aromatic rings. The van der Waals surface area contributed by atoms with E-state index in [4.69, 9.17) is 19.7 Å². The van der Waals surface area contributed by atoms with Gasteiger partial charge in [0, 0.05) is 48.7 Å². The molecule has 6 rings (SSSR count). The molecule has 2 bridgehead atoms. The second-order valence-corrected chi connectivity index (χ2v) is 12.8. The molecule has 3 amide bonds. The van der Waals surface area contributed by atoms with Gasteiger partial charge in [-0.3, -0.25) is 9.69 Å². The topological polar surface area (TPSA) is 153 Å². The molecular formula is C32H38N8O5.